The molecule has 2 aromatic carbocycles. The number of hydrogen-bond donors (Lipinski definition) is 2. The maximum Gasteiger partial charge on any atom is 0.269 e. The lowest BCUT2D eigenvalue weighted by Crippen LogP contribution is -2.21. The SMILES string of the molecule is O=C(CNc1nc(-c2ccccc2)cs1)Nc1ccc([N+](=O)[O-])cc1. The van der Waals surface area contributed by atoms with Gasteiger partial charge in [-0.3, -0.25) is 14.9 Å². The fourth-order valence-electron chi connectivity index (χ4n) is 2.12. The van der Waals surface area contributed by atoms with E-state index in [9.17, 15) is 14.9 Å². The summed E-state index contributed by atoms with van der Waals surface area (Å²) in [4.78, 5) is 26.5. The third kappa shape index (κ3) is 4.39. The second-order valence-electron chi connectivity index (χ2n) is 5.11. The third-order valence-electron chi connectivity index (χ3n) is 3.34. The zero-order valence-electron chi connectivity index (χ0n) is 13.0. The highest BCUT2D eigenvalue weighted by molar-refractivity contribution is 7.14. The molecule has 3 rings (SSSR count). The minimum absolute atomic E-state index is 0.0210. The van der Waals surface area contributed by atoms with Crippen LogP contribution in [0, 0.1) is 10.1 Å². The lowest BCUT2D eigenvalue weighted by molar-refractivity contribution is -0.384. The molecule has 0 aliphatic carbocycles. The zero-order chi connectivity index (χ0) is 17.6. The number of carbonyl (C=O) groups is 1. The molecule has 0 saturated carbocycles. The number of amides is 1. The first-order chi connectivity index (χ1) is 12.1. The molecule has 0 spiro atoms. The summed E-state index contributed by atoms with van der Waals surface area (Å²) >= 11 is 1.42. The Labute approximate surface area is 147 Å². The molecule has 7 nitrogen and oxygen atoms in total. The summed E-state index contributed by atoms with van der Waals surface area (Å²) in [5.74, 6) is -0.259. The molecule has 8 heteroatoms. The monoisotopic (exact) mass is 354 g/mol. The Kier molecular flexibility index (Phi) is 5.00. The van der Waals surface area contributed by atoms with Crippen molar-refractivity contribution in [1.82, 2.24) is 4.98 Å². The fraction of sp³-hybridized carbons (Fsp3) is 0.0588. The molecule has 0 unspecified atom stereocenters. The summed E-state index contributed by atoms with van der Waals surface area (Å²) in [6.07, 6.45) is 0. The first-order valence-electron chi connectivity index (χ1n) is 7.41. The molecule has 0 fully saturated rings. The molecule has 0 aliphatic rings. The van der Waals surface area contributed by atoms with Crippen LogP contribution in [-0.2, 0) is 4.79 Å². The molecular formula is C17H14N4O3S. The molecule has 0 bridgehead atoms. The van der Waals surface area contributed by atoms with E-state index in [0.29, 0.717) is 10.8 Å². The number of hydrogen-bond acceptors (Lipinski definition) is 6. The van der Waals surface area contributed by atoms with Crippen LogP contribution >= 0.6 is 11.3 Å². The molecule has 0 radical (unpaired) electrons. The van der Waals surface area contributed by atoms with E-state index in [1.165, 1.54) is 35.6 Å². The molecule has 25 heavy (non-hydrogen) atoms. The Morgan fingerprint density at radius 1 is 1.12 bits per heavy atom. The van der Waals surface area contributed by atoms with Gasteiger partial charge in [-0.05, 0) is 12.1 Å². The number of benzene rings is 2. The number of aromatic nitrogens is 1. The van der Waals surface area contributed by atoms with Gasteiger partial charge in [-0.15, -0.1) is 11.3 Å². The van der Waals surface area contributed by atoms with Gasteiger partial charge in [0.1, 0.15) is 0 Å². The average Bonchev–Trinajstić information content (AvgIpc) is 3.10. The van der Waals surface area contributed by atoms with E-state index >= 15 is 0 Å². The minimum Gasteiger partial charge on any atom is -0.352 e. The van der Waals surface area contributed by atoms with Crippen LogP contribution in [0.4, 0.5) is 16.5 Å². The summed E-state index contributed by atoms with van der Waals surface area (Å²) in [5, 5.41) is 18.8. The van der Waals surface area contributed by atoms with Crippen LogP contribution in [0.5, 0.6) is 0 Å². The van der Waals surface area contributed by atoms with Crippen LogP contribution < -0.4 is 10.6 Å². The quantitative estimate of drug-likeness (QED) is 0.519. The Balaban J connectivity index is 1.54. The summed E-state index contributed by atoms with van der Waals surface area (Å²) in [5.41, 5.74) is 2.35. The van der Waals surface area contributed by atoms with E-state index in [1.54, 1.807) is 0 Å². The van der Waals surface area contributed by atoms with Gasteiger partial charge in [0.25, 0.3) is 5.69 Å². The number of non-ortho nitro benzene ring substituents is 1. The van der Waals surface area contributed by atoms with Crippen LogP contribution in [-0.4, -0.2) is 22.4 Å². The largest absolute Gasteiger partial charge is 0.352 e. The van der Waals surface area contributed by atoms with Crippen LogP contribution in [0.15, 0.2) is 60.0 Å². The van der Waals surface area contributed by atoms with Gasteiger partial charge in [-0.25, -0.2) is 4.98 Å². The maximum absolute atomic E-state index is 12.0. The van der Waals surface area contributed by atoms with Crippen molar-refractivity contribution < 1.29 is 9.72 Å². The topological polar surface area (TPSA) is 97.2 Å². The Bertz CT molecular complexity index is 878. The lowest BCUT2D eigenvalue weighted by atomic mass is 10.2. The van der Waals surface area contributed by atoms with Crippen molar-refractivity contribution in [1.29, 1.82) is 0 Å². The summed E-state index contributed by atoms with van der Waals surface area (Å²) < 4.78 is 0. The third-order valence-corrected chi connectivity index (χ3v) is 4.14. The van der Waals surface area contributed by atoms with Crippen molar-refractivity contribution in [2.24, 2.45) is 0 Å². The van der Waals surface area contributed by atoms with Crippen LogP contribution in [0.2, 0.25) is 0 Å². The fourth-order valence-corrected chi connectivity index (χ4v) is 2.84. The molecule has 0 aliphatic heterocycles. The molecule has 1 aromatic heterocycles. The predicted molar refractivity (Wildman–Crippen MR) is 97.8 cm³/mol. The highest BCUT2D eigenvalue weighted by Gasteiger charge is 2.08. The standard InChI is InChI=1S/C17H14N4O3S/c22-16(19-13-6-8-14(9-7-13)21(23)24)10-18-17-20-15(11-25-17)12-4-2-1-3-5-12/h1-9,11H,10H2,(H,18,20)(H,19,22). The molecule has 1 heterocycles. The summed E-state index contributed by atoms with van der Waals surface area (Å²) in [6.45, 7) is 0.0543. The zero-order valence-corrected chi connectivity index (χ0v) is 13.8. The Morgan fingerprint density at radius 2 is 1.84 bits per heavy atom. The van der Waals surface area contributed by atoms with Gasteiger partial charge in [0.05, 0.1) is 17.2 Å². The van der Waals surface area contributed by atoms with Gasteiger partial charge >= 0.3 is 0 Å². The molecule has 2 N–H and O–H groups in total. The van der Waals surface area contributed by atoms with Crippen molar-refractivity contribution in [3.63, 3.8) is 0 Å². The van der Waals surface area contributed by atoms with E-state index in [0.717, 1.165) is 11.3 Å². The van der Waals surface area contributed by atoms with Crippen molar-refractivity contribution in [2.45, 2.75) is 0 Å². The number of nitro groups is 1. The second kappa shape index (κ2) is 7.54. The number of anilines is 2. The number of nitrogens with one attached hydrogen (secondary N) is 2. The van der Waals surface area contributed by atoms with E-state index < -0.39 is 4.92 Å². The van der Waals surface area contributed by atoms with E-state index in [1.807, 2.05) is 35.7 Å². The van der Waals surface area contributed by atoms with Crippen molar-refractivity contribution in [3.05, 3.63) is 70.1 Å². The predicted octanol–water partition coefficient (Wildman–Crippen LogP) is 3.77. The molecule has 126 valence electrons. The summed E-state index contributed by atoms with van der Waals surface area (Å²) in [6, 6.07) is 15.4. The molecule has 1 amide bonds. The number of rotatable bonds is 6. The number of carbonyl (C=O) groups excluding carboxylic acids is 1. The van der Waals surface area contributed by atoms with Gasteiger partial charge in [0.2, 0.25) is 5.91 Å². The van der Waals surface area contributed by atoms with Gasteiger partial charge in [-0.2, -0.15) is 0 Å². The number of nitro benzene ring substituents is 1. The van der Waals surface area contributed by atoms with Crippen molar-refractivity contribution in [3.8, 4) is 11.3 Å². The van der Waals surface area contributed by atoms with Crippen molar-refractivity contribution in [2.75, 3.05) is 17.2 Å². The lowest BCUT2D eigenvalue weighted by Gasteiger charge is -2.05. The van der Waals surface area contributed by atoms with Gasteiger partial charge < -0.3 is 10.6 Å². The highest BCUT2D eigenvalue weighted by Crippen LogP contribution is 2.24. The molecule has 0 saturated heterocycles. The van der Waals surface area contributed by atoms with E-state index in [-0.39, 0.29) is 18.1 Å². The molecule has 3 aromatic rings. The summed E-state index contributed by atoms with van der Waals surface area (Å²) in [7, 11) is 0. The normalized spacial score (nSPS) is 10.2. The van der Waals surface area contributed by atoms with Gasteiger partial charge in [0, 0.05) is 28.8 Å². The maximum atomic E-state index is 12.0. The average molecular weight is 354 g/mol. The van der Waals surface area contributed by atoms with Gasteiger partial charge in [-0.1, -0.05) is 30.3 Å². The van der Waals surface area contributed by atoms with Crippen LogP contribution in [0.3, 0.4) is 0 Å². The minimum atomic E-state index is -0.486. The van der Waals surface area contributed by atoms with E-state index in [2.05, 4.69) is 15.6 Å². The molecular weight excluding hydrogens is 340 g/mol. The van der Waals surface area contributed by atoms with Crippen LogP contribution in [0.1, 0.15) is 0 Å². The Morgan fingerprint density at radius 3 is 2.52 bits per heavy atom. The Hall–Kier alpha value is -3.26. The molecule has 0 atom stereocenters. The number of thiazole rings is 1. The van der Waals surface area contributed by atoms with Crippen LogP contribution in [0.25, 0.3) is 11.3 Å². The smallest absolute Gasteiger partial charge is 0.269 e. The first-order valence-corrected chi connectivity index (χ1v) is 8.29. The second-order valence-corrected chi connectivity index (χ2v) is 5.97. The van der Waals surface area contributed by atoms with E-state index in [4.69, 9.17) is 0 Å². The highest BCUT2D eigenvalue weighted by atomic mass is 32.1. The number of nitrogens with zero attached hydrogens (tertiary/aromatic N) is 2. The first kappa shape index (κ1) is 16.6. The van der Waals surface area contributed by atoms with Crippen molar-refractivity contribution >= 4 is 33.8 Å². The van der Waals surface area contributed by atoms with Gasteiger partial charge in [0.15, 0.2) is 5.13 Å².